The molecule has 5 heteroatoms. The fraction of sp³-hybridized carbons (Fsp3) is 0. The number of halogens is 1. The van der Waals surface area contributed by atoms with Crippen LogP contribution in [0.15, 0.2) is 11.4 Å². The first-order chi connectivity index (χ1) is 4.33. The van der Waals surface area contributed by atoms with Crippen LogP contribution in [0.5, 0.6) is 0 Å². The van der Waals surface area contributed by atoms with Crippen molar-refractivity contribution in [1.82, 2.24) is 4.98 Å². The van der Waals surface area contributed by atoms with Crippen LogP contribution in [0.2, 0.25) is 4.47 Å². The van der Waals surface area contributed by atoms with Crippen LogP contribution in [-0.4, -0.2) is 16.4 Å². The second-order valence-corrected chi connectivity index (χ2v) is 2.90. The molecule has 3 nitrogen and oxygen atoms in total. The van der Waals surface area contributed by atoms with Crippen molar-refractivity contribution in [3.8, 4) is 0 Å². The molecule has 0 bridgehead atoms. The van der Waals surface area contributed by atoms with E-state index in [9.17, 15) is 0 Å². The molecule has 0 unspecified atom stereocenters. The first kappa shape index (κ1) is 6.51. The van der Waals surface area contributed by atoms with E-state index in [1.165, 1.54) is 23.7 Å². The van der Waals surface area contributed by atoms with Gasteiger partial charge in [0, 0.05) is 6.20 Å². The van der Waals surface area contributed by atoms with Gasteiger partial charge in [0.2, 0.25) is 0 Å². The third kappa shape index (κ3) is 1.65. The number of nitrogens with zero attached hydrogens (tertiary/aromatic N) is 2. The van der Waals surface area contributed by atoms with Crippen LogP contribution in [0.4, 0.5) is 0 Å². The number of hydrogen-bond acceptors (Lipinski definition) is 4. The summed E-state index contributed by atoms with van der Waals surface area (Å²) in [6.07, 6.45) is 2.82. The van der Waals surface area contributed by atoms with Gasteiger partial charge in [-0.1, -0.05) is 16.8 Å². The van der Waals surface area contributed by atoms with E-state index in [2.05, 4.69) is 10.1 Å². The molecule has 1 aromatic rings. The summed E-state index contributed by atoms with van der Waals surface area (Å²) in [6, 6.07) is 0. The van der Waals surface area contributed by atoms with Gasteiger partial charge < -0.3 is 5.21 Å². The minimum absolute atomic E-state index is 0.449. The van der Waals surface area contributed by atoms with E-state index in [4.69, 9.17) is 16.8 Å². The largest absolute Gasteiger partial charge is 0.411 e. The van der Waals surface area contributed by atoms with E-state index in [0.29, 0.717) is 4.47 Å². The summed E-state index contributed by atoms with van der Waals surface area (Å²) < 4.78 is 0.449. The van der Waals surface area contributed by atoms with Gasteiger partial charge in [0.1, 0.15) is 0 Å². The van der Waals surface area contributed by atoms with Crippen molar-refractivity contribution in [2.24, 2.45) is 5.16 Å². The Morgan fingerprint density at radius 3 is 3.11 bits per heavy atom. The number of thiazole rings is 1. The molecular weight excluding hydrogens is 160 g/mol. The van der Waals surface area contributed by atoms with E-state index in [0.717, 1.165) is 4.88 Å². The predicted molar refractivity (Wildman–Crippen MR) is 36.5 cm³/mol. The standard InChI is InChI=1S/C4H3ClN2OS/c5-4-6-1-3(9-4)2-7-8/h1-2,8H/b7-2+. The number of rotatable bonds is 1. The van der Waals surface area contributed by atoms with Crippen LogP contribution < -0.4 is 0 Å². The van der Waals surface area contributed by atoms with Gasteiger partial charge in [0.25, 0.3) is 0 Å². The van der Waals surface area contributed by atoms with Crippen LogP contribution in [0.1, 0.15) is 4.88 Å². The van der Waals surface area contributed by atoms with Crippen LogP contribution in [0.3, 0.4) is 0 Å². The molecule has 0 aliphatic rings. The molecule has 0 atom stereocenters. The molecule has 1 rings (SSSR count). The Morgan fingerprint density at radius 1 is 1.89 bits per heavy atom. The average molecular weight is 163 g/mol. The Kier molecular flexibility index (Phi) is 2.02. The van der Waals surface area contributed by atoms with Gasteiger partial charge in [0.15, 0.2) is 4.47 Å². The molecule has 9 heavy (non-hydrogen) atoms. The lowest BCUT2D eigenvalue weighted by atomic mass is 10.6. The zero-order chi connectivity index (χ0) is 6.69. The Labute approximate surface area is 60.6 Å². The lowest BCUT2D eigenvalue weighted by Crippen LogP contribution is -1.68. The monoisotopic (exact) mass is 162 g/mol. The molecule has 0 radical (unpaired) electrons. The van der Waals surface area contributed by atoms with Gasteiger partial charge >= 0.3 is 0 Å². The van der Waals surface area contributed by atoms with Crippen molar-refractivity contribution in [2.75, 3.05) is 0 Å². The molecule has 0 aromatic carbocycles. The third-order valence-electron chi connectivity index (χ3n) is 0.680. The molecule has 1 heterocycles. The second-order valence-electron chi connectivity index (χ2n) is 1.26. The van der Waals surface area contributed by atoms with Crippen molar-refractivity contribution >= 4 is 29.2 Å². The van der Waals surface area contributed by atoms with Crippen molar-refractivity contribution < 1.29 is 5.21 Å². The molecule has 0 saturated heterocycles. The zero-order valence-corrected chi connectivity index (χ0v) is 5.85. The highest BCUT2D eigenvalue weighted by Gasteiger charge is 1.93. The minimum Gasteiger partial charge on any atom is -0.411 e. The van der Waals surface area contributed by atoms with Gasteiger partial charge in [-0.3, -0.25) is 0 Å². The summed E-state index contributed by atoms with van der Waals surface area (Å²) in [7, 11) is 0. The van der Waals surface area contributed by atoms with E-state index in [-0.39, 0.29) is 0 Å². The molecule has 48 valence electrons. The van der Waals surface area contributed by atoms with Crippen LogP contribution in [0, 0.1) is 0 Å². The maximum Gasteiger partial charge on any atom is 0.184 e. The van der Waals surface area contributed by atoms with Crippen LogP contribution >= 0.6 is 22.9 Å². The van der Waals surface area contributed by atoms with Gasteiger partial charge in [-0.15, -0.1) is 11.3 Å². The highest BCUT2D eigenvalue weighted by molar-refractivity contribution is 7.17. The predicted octanol–water partition coefficient (Wildman–Crippen LogP) is 1.60. The molecule has 1 N–H and O–H groups in total. The van der Waals surface area contributed by atoms with Crippen molar-refractivity contribution in [2.45, 2.75) is 0 Å². The zero-order valence-electron chi connectivity index (χ0n) is 4.28. The van der Waals surface area contributed by atoms with E-state index < -0.39 is 0 Å². The van der Waals surface area contributed by atoms with Crippen molar-refractivity contribution in [3.05, 3.63) is 15.5 Å². The Bertz CT molecular complexity index is 222. The summed E-state index contributed by atoms with van der Waals surface area (Å²) in [5, 5.41) is 10.8. The van der Waals surface area contributed by atoms with Gasteiger partial charge in [-0.2, -0.15) is 0 Å². The fourth-order valence-corrected chi connectivity index (χ4v) is 1.20. The Hall–Kier alpha value is -0.610. The first-order valence-corrected chi connectivity index (χ1v) is 3.31. The highest BCUT2D eigenvalue weighted by atomic mass is 35.5. The van der Waals surface area contributed by atoms with Crippen molar-refractivity contribution in [3.63, 3.8) is 0 Å². The minimum atomic E-state index is 0.449. The van der Waals surface area contributed by atoms with E-state index >= 15 is 0 Å². The molecule has 1 aromatic heterocycles. The molecule has 0 fully saturated rings. The average Bonchev–Trinajstić information content (AvgIpc) is 2.17. The molecule has 0 saturated carbocycles. The molecule has 0 aliphatic carbocycles. The smallest absolute Gasteiger partial charge is 0.184 e. The topological polar surface area (TPSA) is 45.5 Å². The SMILES string of the molecule is O/N=C/c1cnc(Cl)s1. The normalized spacial score (nSPS) is 10.8. The summed E-state index contributed by atoms with van der Waals surface area (Å²) >= 11 is 6.72. The molecule has 0 amide bonds. The maximum absolute atomic E-state index is 8.03. The summed E-state index contributed by atoms with van der Waals surface area (Å²) in [5.41, 5.74) is 0. The van der Waals surface area contributed by atoms with Gasteiger partial charge in [-0.05, 0) is 0 Å². The van der Waals surface area contributed by atoms with E-state index in [1.54, 1.807) is 0 Å². The van der Waals surface area contributed by atoms with Gasteiger partial charge in [-0.25, -0.2) is 4.98 Å². The number of oxime groups is 1. The quantitative estimate of drug-likeness (QED) is 0.387. The molecular formula is C4H3ClN2OS. The Balaban J connectivity index is 2.85. The first-order valence-electron chi connectivity index (χ1n) is 2.11. The van der Waals surface area contributed by atoms with Crippen LogP contribution in [0.25, 0.3) is 0 Å². The second kappa shape index (κ2) is 2.80. The summed E-state index contributed by atoms with van der Waals surface area (Å²) in [5.74, 6) is 0. The Morgan fingerprint density at radius 2 is 2.67 bits per heavy atom. The number of hydrogen-bond donors (Lipinski definition) is 1. The summed E-state index contributed by atoms with van der Waals surface area (Å²) in [6.45, 7) is 0. The number of aromatic nitrogens is 1. The lowest BCUT2D eigenvalue weighted by Gasteiger charge is -1.72. The van der Waals surface area contributed by atoms with Crippen LogP contribution in [-0.2, 0) is 0 Å². The lowest BCUT2D eigenvalue weighted by molar-refractivity contribution is 0.322. The maximum atomic E-state index is 8.03. The highest BCUT2D eigenvalue weighted by Crippen LogP contribution is 2.15. The molecule has 0 aliphatic heterocycles. The summed E-state index contributed by atoms with van der Waals surface area (Å²) in [4.78, 5) is 4.46. The molecule has 0 spiro atoms. The third-order valence-corrected chi connectivity index (χ3v) is 1.73. The van der Waals surface area contributed by atoms with E-state index in [1.807, 2.05) is 0 Å². The van der Waals surface area contributed by atoms with Crippen molar-refractivity contribution in [1.29, 1.82) is 0 Å². The van der Waals surface area contributed by atoms with Gasteiger partial charge in [0.05, 0.1) is 11.1 Å². The fourth-order valence-electron chi connectivity index (χ4n) is 0.381.